The van der Waals surface area contributed by atoms with Crippen molar-refractivity contribution in [3.63, 3.8) is 0 Å². The average Bonchev–Trinajstić information content (AvgIpc) is 2.81. The second-order valence-corrected chi connectivity index (χ2v) is 8.88. The normalized spacial score (nSPS) is 18.6. The fourth-order valence-electron chi connectivity index (χ4n) is 2.88. The highest BCUT2D eigenvalue weighted by molar-refractivity contribution is 7.94. The Labute approximate surface area is 163 Å². The van der Waals surface area contributed by atoms with Gasteiger partial charge in [0.1, 0.15) is 0 Å². The molecule has 1 aliphatic heterocycles. The Bertz CT molecular complexity index is 1000. The molecule has 1 heterocycles. The highest BCUT2D eigenvalue weighted by atomic mass is 35.5. The van der Waals surface area contributed by atoms with E-state index >= 15 is 0 Å². The second kappa shape index (κ2) is 7.32. The number of nitrogens with one attached hydrogen (secondary N) is 1. The summed E-state index contributed by atoms with van der Waals surface area (Å²) in [4.78, 5) is 24.5. The predicted octanol–water partition coefficient (Wildman–Crippen LogP) is 2.89. The molecule has 1 N–H and O–H groups in total. The van der Waals surface area contributed by atoms with Crippen LogP contribution in [0.4, 0.5) is 5.69 Å². The molecule has 0 radical (unpaired) electrons. The van der Waals surface area contributed by atoms with Gasteiger partial charge in [0, 0.05) is 6.54 Å². The number of benzene rings is 2. The molecule has 1 aliphatic rings. The lowest BCUT2D eigenvalue weighted by atomic mass is 10.1. The Morgan fingerprint density at radius 1 is 1.22 bits per heavy atom. The van der Waals surface area contributed by atoms with Gasteiger partial charge < -0.3 is 5.32 Å². The van der Waals surface area contributed by atoms with Crippen molar-refractivity contribution in [2.24, 2.45) is 5.92 Å². The van der Waals surface area contributed by atoms with E-state index in [0.717, 1.165) is 15.4 Å². The van der Waals surface area contributed by atoms with Gasteiger partial charge in [-0.15, -0.1) is 0 Å². The minimum Gasteiger partial charge on any atom is -0.348 e. The molecule has 2 aromatic carbocycles. The molecule has 0 saturated carbocycles. The SMILES string of the molecule is Cc1ccc(CNC(=O)c2ccc(N3C(=O)[C@H](C)CS3(=O)=O)cc2Cl)cc1. The number of sulfonamides is 1. The van der Waals surface area contributed by atoms with Crippen molar-refractivity contribution in [1.82, 2.24) is 5.32 Å². The molecule has 1 fully saturated rings. The lowest BCUT2D eigenvalue weighted by molar-refractivity contribution is -0.119. The Hall–Kier alpha value is -2.38. The van der Waals surface area contributed by atoms with Crippen LogP contribution in [-0.2, 0) is 21.4 Å². The molecular weight excluding hydrogens is 388 g/mol. The zero-order valence-electron chi connectivity index (χ0n) is 14.9. The summed E-state index contributed by atoms with van der Waals surface area (Å²) in [5.41, 5.74) is 2.43. The monoisotopic (exact) mass is 406 g/mol. The molecule has 0 aromatic heterocycles. The van der Waals surface area contributed by atoms with Crippen molar-refractivity contribution >= 4 is 39.1 Å². The molecular formula is C19H19ClN2O4S. The van der Waals surface area contributed by atoms with Crippen LogP contribution < -0.4 is 9.62 Å². The van der Waals surface area contributed by atoms with Gasteiger partial charge in [0.2, 0.25) is 15.9 Å². The first kappa shape index (κ1) is 19.4. The van der Waals surface area contributed by atoms with Crippen LogP contribution in [0.3, 0.4) is 0 Å². The van der Waals surface area contributed by atoms with E-state index in [1.165, 1.54) is 18.2 Å². The summed E-state index contributed by atoms with van der Waals surface area (Å²) in [5.74, 6) is -1.72. The smallest absolute Gasteiger partial charge is 0.253 e. The van der Waals surface area contributed by atoms with E-state index in [4.69, 9.17) is 11.6 Å². The van der Waals surface area contributed by atoms with E-state index in [1.54, 1.807) is 6.92 Å². The molecule has 0 spiro atoms. The maximum Gasteiger partial charge on any atom is 0.253 e. The van der Waals surface area contributed by atoms with Crippen molar-refractivity contribution in [2.75, 3.05) is 10.1 Å². The number of amides is 2. The van der Waals surface area contributed by atoms with Gasteiger partial charge in [0.25, 0.3) is 5.91 Å². The Morgan fingerprint density at radius 3 is 2.44 bits per heavy atom. The Kier molecular flexibility index (Phi) is 5.26. The minimum atomic E-state index is -3.71. The van der Waals surface area contributed by atoms with Gasteiger partial charge >= 0.3 is 0 Å². The van der Waals surface area contributed by atoms with E-state index in [9.17, 15) is 18.0 Å². The summed E-state index contributed by atoms with van der Waals surface area (Å²) >= 11 is 6.19. The van der Waals surface area contributed by atoms with E-state index in [-0.39, 0.29) is 27.9 Å². The zero-order chi connectivity index (χ0) is 19.8. The molecule has 2 amide bonds. The van der Waals surface area contributed by atoms with Crippen LogP contribution in [0.15, 0.2) is 42.5 Å². The molecule has 0 unspecified atom stereocenters. The van der Waals surface area contributed by atoms with E-state index < -0.39 is 21.8 Å². The lowest BCUT2D eigenvalue weighted by Crippen LogP contribution is -2.30. The summed E-state index contributed by atoms with van der Waals surface area (Å²) in [5, 5.41) is 2.85. The van der Waals surface area contributed by atoms with Crippen molar-refractivity contribution in [3.8, 4) is 0 Å². The van der Waals surface area contributed by atoms with Gasteiger partial charge in [-0.3, -0.25) is 9.59 Å². The number of hydrogen-bond donors (Lipinski definition) is 1. The second-order valence-electron chi connectivity index (χ2n) is 6.61. The van der Waals surface area contributed by atoms with Crippen molar-refractivity contribution < 1.29 is 18.0 Å². The maximum atomic E-state index is 12.4. The first-order valence-electron chi connectivity index (χ1n) is 8.39. The van der Waals surface area contributed by atoms with E-state index in [0.29, 0.717) is 6.54 Å². The van der Waals surface area contributed by atoms with Gasteiger partial charge in [-0.05, 0) is 30.7 Å². The number of halogens is 1. The average molecular weight is 407 g/mol. The van der Waals surface area contributed by atoms with Crippen LogP contribution in [0.5, 0.6) is 0 Å². The van der Waals surface area contributed by atoms with E-state index in [2.05, 4.69) is 5.32 Å². The van der Waals surface area contributed by atoms with Crippen LogP contribution in [-0.4, -0.2) is 26.0 Å². The first-order valence-corrected chi connectivity index (χ1v) is 10.4. The van der Waals surface area contributed by atoms with Gasteiger partial charge in [0.05, 0.1) is 27.9 Å². The zero-order valence-corrected chi connectivity index (χ0v) is 16.5. The number of carbonyl (C=O) groups excluding carboxylic acids is 2. The molecule has 8 heteroatoms. The maximum absolute atomic E-state index is 12.4. The summed E-state index contributed by atoms with van der Waals surface area (Å²) in [6.45, 7) is 3.89. The third-order valence-electron chi connectivity index (χ3n) is 4.37. The number of carbonyl (C=O) groups is 2. The molecule has 142 valence electrons. The van der Waals surface area contributed by atoms with Crippen molar-refractivity contribution in [1.29, 1.82) is 0 Å². The topological polar surface area (TPSA) is 83.6 Å². The summed E-state index contributed by atoms with van der Waals surface area (Å²) in [6, 6.07) is 11.9. The molecule has 0 bridgehead atoms. The highest BCUT2D eigenvalue weighted by Crippen LogP contribution is 2.31. The van der Waals surface area contributed by atoms with Gasteiger partial charge in [0.15, 0.2) is 0 Å². The molecule has 27 heavy (non-hydrogen) atoms. The van der Waals surface area contributed by atoms with Gasteiger partial charge in [-0.25, -0.2) is 12.7 Å². The number of hydrogen-bond acceptors (Lipinski definition) is 4. The van der Waals surface area contributed by atoms with Crippen molar-refractivity contribution in [3.05, 3.63) is 64.2 Å². The molecule has 6 nitrogen and oxygen atoms in total. The number of rotatable bonds is 4. The van der Waals surface area contributed by atoms with Crippen molar-refractivity contribution in [2.45, 2.75) is 20.4 Å². The highest BCUT2D eigenvalue weighted by Gasteiger charge is 2.42. The van der Waals surface area contributed by atoms with Gasteiger partial charge in [-0.1, -0.05) is 48.4 Å². The molecule has 1 saturated heterocycles. The summed E-state index contributed by atoms with van der Waals surface area (Å²) < 4.78 is 25.1. The Balaban J connectivity index is 1.77. The third-order valence-corrected chi connectivity index (χ3v) is 6.55. The first-order chi connectivity index (χ1) is 12.7. The quantitative estimate of drug-likeness (QED) is 0.846. The molecule has 2 aromatic rings. The predicted molar refractivity (Wildman–Crippen MR) is 104 cm³/mol. The van der Waals surface area contributed by atoms with Gasteiger partial charge in [-0.2, -0.15) is 0 Å². The van der Waals surface area contributed by atoms with Crippen LogP contribution in [0.2, 0.25) is 5.02 Å². The molecule has 0 aliphatic carbocycles. The number of aryl methyl sites for hydroxylation is 1. The van der Waals surface area contributed by atoms with E-state index in [1.807, 2.05) is 31.2 Å². The van der Waals surface area contributed by atoms with Crippen LogP contribution in [0, 0.1) is 12.8 Å². The Morgan fingerprint density at radius 2 is 1.89 bits per heavy atom. The fourth-order valence-corrected chi connectivity index (χ4v) is 4.96. The summed E-state index contributed by atoms with van der Waals surface area (Å²) in [7, 11) is -3.71. The van der Waals surface area contributed by atoms with Crippen LogP contribution in [0.25, 0.3) is 0 Å². The lowest BCUT2D eigenvalue weighted by Gasteiger charge is -2.16. The number of nitrogens with zero attached hydrogens (tertiary/aromatic N) is 1. The van der Waals surface area contributed by atoms with Crippen LogP contribution in [0.1, 0.15) is 28.4 Å². The number of anilines is 1. The molecule has 3 rings (SSSR count). The summed E-state index contributed by atoms with van der Waals surface area (Å²) in [6.07, 6.45) is 0. The van der Waals surface area contributed by atoms with Crippen LogP contribution >= 0.6 is 11.6 Å². The third kappa shape index (κ3) is 3.99. The minimum absolute atomic E-state index is 0.0801. The largest absolute Gasteiger partial charge is 0.348 e. The fraction of sp³-hybridized carbons (Fsp3) is 0.263. The molecule has 1 atom stereocenters. The standard InChI is InChI=1S/C19H19ClN2O4S/c1-12-3-5-14(6-4-12)10-21-18(23)16-8-7-15(9-17(16)20)22-19(24)13(2)11-27(22,25)26/h3-9,13H,10-11H2,1-2H3,(H,21,23)/t13-/m1/s1.